The number of anilines is 1. The minimum atomic E-state index is -0.519. The third-order valence-corrected chi connectivity index (χ3v) is 3.59. The van der Waals surface area contributed by atoms with Crippen LogP contribution in [0, 0.1) is 6.92 Å². The first-order valence-electron chi connectivity index (χ1n) is 7.76. The summed E-state index contributed by atoms with van der Waals surface area (Å²) >= 11 is 0. The summed E-state index contributed by atoms with van der Waals surface area (Å²) in [5.74, 6) is 0. The molecular weight excluding hydrogens is 318 g/mol. The number of aromatic amines is 1. The van der Waals surface area contributed by atoms with Gasteiger partial charge in [0.15, 0.2) is 0 Å². The monoisotopic (exact) mass is 335 g/mol. The van der Waals surface area contributed by atoms with Crippen molar-refractivity contribution in [2.24, 2.45) is 0 Å². The third kappa shape index (κ3) is 4.32. The number of hydrogen-bond acceptors (Lipinski definition) is 4. The highest BCUT2D eigenvalue weighted by Gasteiger charge is 2.07. The van der Waals surface area contributed by atoms with Crippen LogP contribution in [0.4, 0.5) is 10.5 Å². The van der Waals surface area contributed by atoms with Gasteiger partial charge in [0.1, 0.15) is 6.61 Å². The number of aromatic nitrogens is 2. The Morgan fingerprint density at radius 2 is 1.84 bits per heavy atom. The van der Waals surface area contributed by atoms with Crippen molar-refractivity contribution in [1.82, 2.24) is 9.97 Å². The van der Waals surface area contributed by atoms with Gasteiger partial charge in [-0.05, 0) is 24.6 Å². The normalized spacial score (nSPS) is 10.3. The molecule has 126 valence electrons. The largest absolute Gasteiger partial charge is 0.444 e. The zero-order chi connectivity index (χ0) is 17.6. The number of hydrogen-bond donors (Lipinski definition) is 2. The highest BCUT2D eigenvalue weighted by atomic mass is 16.5. The summed E-state index contributed by atoms with van der Waals surface area (Å²) in [4.78, 5) is 29.9. The first-order chi connectivity index (χ1) is 12.1. The SMILES string of the molecule is Cc1[nH]c(=O)cnc1-c1ccc(NC(=O)OCc2ccccc2)cc1. The molecule has 0 atom stereocenters. The molecular formula is C19H17N3O3. The van der Waals surface area contributed by atoms with Crippen LogP contribution in [0.15, 0.2) is 65.6 Å². The summed E-state index contributed by atoms with van der Waals surface area (Å²) in [6, 6.07) is 16.6. The van der Waals surface area contributed by atoms with Gasteiger partial charge >= 0.3 is 6.09 Å². The minimum Gasteiger partial charge on any atom is -0.444 e. The summed E-state index contributed by atoms with van der Waals surface area (Å²) in [6.07, 6.45) is 0.727. The molecule has 0 spiro atoms. The van der Waals surface area contributed by atoms with E-state index in [2.05, 4.69) is 15.3 Å². The number of benzene rings is 2. The van der Waals surface area contributed by atoms with Gasteiger partial charge in [-0.3, -0.25) is 10.1 Å². The molecule has 1 heterocycles. The zero-order valence-electron chi connectivity index (χ0n) is 13.7. The van der Waals surface area contributed by atoms with Crippen molar-refractivity contribution in [2.75, 3.05) is 5.32 Å². The fraction of sp³-hybridized carbons (Fsp3) is 0.105. The molecule has 0 radical (unpaired) electrons. The van der Waals surface area contributed by atoms with E-state index in [1.165, 1.54) is 6.20 Å². The molecule has 0 aliphatic heterocycles. The van der Waals surface area contributed by atoms with Crippen LogP contribution >= 0.6 is 0 Å². The maximum atomic E-state index is 11.8. The fourth-order valence-corrected chi connectivity index (χ4v) is 2.38. The lowest BCUT2D eigenvalue weighted by atomic mass is 10.1. The Kier molecular flexibility index (Phi) is 4.89. The maximum Gasteiger partial charge on any atom is 0.411 e. The van der Waals surface area contributed by atoms with Crippen molar-refractivity contribution >= 4 is 11.8 Å². The van der Waals surface area contributed by atoms with E-state index in [-0.39, 0.29) is 12.2 Å². The van der Waals surface area contributed by atoms with Crippen molar-refractivity contribution < 1.29 is 9.53 Å². The van der Waals surface area contributed by atoms with Gasteiger partial charge in [-0.2, -0.15) is 0 Å². The van der Waals surface area contributed by atoms with Crippen LogP contribution in [0.3, 0.4) is 0 Å². The van der Waals surface area contributed by atoms with Crippen molar-refractivity contribution in [3.63, 3.8) is 0 Å². The Morgan fingerprint density at radius 1 is 1.12 bits per heavy atom. The highest BCUT2D eigenvalue weighted by molar-refractivity contribution is 5.85. The van der Waals surface area contributed by atoms with Crippen molar-refractivity contribution in [1.29, 1.82) is 0 Å². The molecule has 0 saturated carbocycles. The van der Waals surface area contributed by atoms with Crippen LogP contribution in [0.25, 0.3) is 11.3 Å². The molecule has 1 amide bonds. The molecule has 6 nitrogen and oxygen atoms in total. The quantitative estimate of drug-likeness (QED) is 0.764. The second-order valence-electron chi connectivity index (χ2n) is 5.49. The number of nitrogens with zero attached hydrogens (tertiary/aromatic N) is 1. The van der Waals surface area contributed by atoms with E-state index in [1.54, 1.807) is 19.1 Å². The van der Waals surface area contributed by atoms with Crippen LogP contribution in [0.2, 0.25) is 0 Å². The summed E-state index contributed by atoms with van der Waals surface area (Å²) in [5.41, 5.74) is 3.53. The lowest BCUT2D eigenvalue weighted by Gasteiger charge is -2.08. The molecule has 6 heteroatoms. The molecule has 0 saturated heterocycles. The predicted octanol–water partition coefficient (Wildman–Crippen LogP) is 3.49. The van der Waals surface area contributed by atoms with Crippen LogP contribution in [-0.2, 0) is 11.3 Å². The Balaban J connectivity index is 1.62. The first-order valence-corrected chi connectivity index (χ1v) is 7.76. The third-order valence-electron chi connectivity index (χ3n) is 3.59. The van der Waals surface area contributed by atoms with E-state index in [9.17, 15) is 9.59 Å². The molecule has 0 unspecified atom stereocenters. The summed E-state index contributed by atoms with van der Waals surface area (Å²) < 4.78 is 5.18. The molecule has 2 aromatic carbocycles. The average Bonchev–Trinajstić information content (AvgIpc) is 2.62. The number of amides is 1. The number of H-pyrrole nitrogens is 1. The van der Waals surface area contributed by atoms with Gasteiger partial charge in [0.2, 0.25) is 0 Å². The van der Waals surface area contributed by atoms with E-state index in [4.69, 9.17) is 4.74 Å². The Morgan fingerprint density at radius 3 is 2.52 bits per heavy atom. The van der Waals surface area contributed by atoms with Crippen LogP contribution in [0.5, 0.6) is 0 Å². The van der Waals surface area contributed by atoms with Crippen LogP contribution in [-0.4, -0.2) is 16.1 Å². The number of carbonyl (C=O) groups excluding carboxylic acids is 1. The van der Waals surface area contributed by atoms with Crippen molar-refractivity contribution in [3.8, 4) is 11.3 Å². The molecule has 0 bridgehead atoms. The lowest BCUT2D eigenvalue weighted by Crippen LogP contribution is -2.13. The number of nitrogens with one attached hydrogen (secondary N) is 2. The van der Waals surface area contributed by atoms with Gasteiger partial charge in [0.05, 0.1) is 11.9 Å². The van der Waals surface area contributed by atoms with Gasteiger partial charge in [-0.15, -0.1) is 0 Å². The maximum absolute atomic E-state index is 11.8. The number of rotatable bonds is 4. The van der Waals surface area contributed by atoms with E-state index in [1.807, 2.05) is 42.5 Å². The van der Waals surface area contributed by atoms with Crippen molar-refractivity contribution in [3.05, 3.63) is 82.4 Å². The number of ether oxygens (including phenoxy) is 1. The van der Waals surface area contributed by atoms with Gasteiger partial charge in [0.25, 0.3) is 5.56 Å². The smallest absolute Gasteiger partial charge is 0.411 e. The van der Waals surface area contributed by atoms with Gasteiger partial charge in [-0.25, -0.2) is 9.78 Å². The minimum absolute atomic E-state index is 0.214. The predicted molar refractivity (Wildman–Crippen MR) is 95.3 cm³/mol. The van der Waals surface area contributed by atoms with E-state index in [0.717, 1.165) is 11.1 Å². The van der Waals surface area contributed by atoms with Crippen LogP contribution in [0.1, 0.15) is 11.3 Å². The van der Waals surface area contributed by atoms with E-state index in [0.29, 0.717) is 17.1 Å². The molecule has 0 fully saturated rings. The Labute approximate surface area is 144 Å². The molecule has 25 heavy (non-hydrogen) atoms. The Hall–Kier alpha value is -3.41. The molecule has 3 aromatic rings. The lowest BCUT2D eigenvalue weighted by molar-refractivity contribution is 0.155. The highest BCUT2D eigenvalue weighted by Crippen LogP contribution is 2.20. The first kappa shape index (κ1) is 16.4. The molecule has 1 aromatic heterocycles. The van der Waals surface area contributed by atoms with Crippen LogP contribution < -0.4 is 10.9 Å². The second-order valence-corrected chi connectivity index (χ2v) is 5.49. The summed E-state index contributed by atoms with van der Waals surface area (Å²) in [5, 5.41) is 2.68. The fourth-order valence-electron chi connectivity index (χ4n) is 2.38. The molecule has 3 rings (SSSR count). The second kappa shape index (κ2) is 7.44. The summed E-state index contributed by atoms with van der Waals surface area (Å²) in [6.45, 7) is 2.00. The standard InChI is InChI=1S/C19H17N3O3/c1-13-18(20-11-17(23)21-13)15-7-9-16(10-8-15)22-19(24)25-12-14-5-3-2-4-6-14/h2-11H,12H2,1H3,(H,21,23)(H,22,24). The van der Waals surface area contributed by atoms with Gasteiger partial charge in [-0.1, -0.05) is 42.5 Å². The Bertz CT molecular complexity index is 919. The molecule has 0 aliphatic carbocycles. The number of aryl methyl sites for hydroxylation is 1. The van der Waals surface area contributed by atoms with Gasteiger partial charge in [0, 0.05) is 16.9 Å². The zero-order valence-corrected chi connectivity index (χ0v) is 13.7. The topological polar surface area (TPSA) is 84.1 Å². The average molecular weight is 335 g/mol. The summed E-state index contributed by atoms with van der Waals surface area (Å²) in [7, 11) is 0. The molecule has 2 N–H and O–H groups in total. The van der Waals surface area contributed by atoms with Gasteiger partial charge < -0.3 is 9.72 Å². The molecule has 0 aliphatic rings. The van der Waals surface area contributed by atoms with Crippen molar-refractivity contribution in [2.45, 2.75) is 13.5 Å². The van der Waals surface area contributed by atoms with E-state index < -0.39 is 6.09 Å². The van der Waals surface area contributed by atoms with E-state index >= 15 is 0 Å². The number of carbonyl (C=O) groups is 1.